The van der Waals surface area contributed by atoms with Crippen molar-refractivity contribution in [1.29, 1.82) is 0 Å². The molecule has 9 nitrogen and oxygen atoms in total. The molecule has 4 heterocycles. The minimum Gasteiger partial charge on any atom is -0.454 e. The molecular weight excluding hydrogens is 476 g/mol. The molecule has 2 aromatic rings. The Morgan fingerprint density at radius 2 is 1.43 bits per heavy atom. The molecule has 0 bridgehead atoms. The number of aliphatic hydroxyl groups is 2. The van der Waals surface area contributed by atoms with Crippen molar-refractivity contribution in [1.82, 2.24) is 9.80 Å². The Morgan fingerprint density at radius 1 is 0.838 bits per heavy atom. The number of amides is 1. The summed E-state index contributed by atoms with van der Waals surface area (Å²) in [4.78, 5) is 15.2. The molecule has 2 aromatic carbocycles. The van der Waals surface area contributed by atoms with Gasteiger partial charge in [-0.2, -0.15) is 0 Å². The summed E-state index contributed by atoms with van der Waals surface area (Å²) in [5.74, 6) is 1.34. The number of fused-ring (bicyclic) bond motifs is 2. The number of piperidine rings is 2. The van der Waals surface area contributed by atoms with Crippen molar-refractivity contribution in [2.45, 2.75) is 50.6 Å². The van der Waals surface area contributed by atoms with Crippen molar-refractivity contribution in [3.05, 3.63) is 47.5 Å². The highest BCUT2D eigenvalue weighted by Crippen LogP contribution is 2.33. The zero-order valence-corrected chi connectivity index (χ0v) is 20.5. The number of carbonyl (C=O) groups is 1. The topological polar surface area (TPSA) is 101 Å². The van der Waals surface area contributed by atoms with Crippen LogP contribution in [-0.2, 0) is 17.5 Å². The number of aryl methyl sites for hydroxylation is 1. The lowest BCUT2D eigenvalue weighted by molar-refractivity contribution is -0.133. The first-order valence-corrected chi connectivity index (χ1v) is 12.5. The number of rotatable bonds is 5. The smallest absolute Gasteiger partial charge is 0.231 e. The van der Waals surface area contributed by atoms with Crippen LogP contribution in [0.1, 0.15) is 45.0 Å². The van der Waals surface area contributed by atoms with Gasteiger partial charge in [-0.25, -0.2) is 0 Å². The fourth-order valence-electron chi connectivity index (χ4n) is 4.49. The summed E-state index contributed by atoms with van der Waals surface area (Å²) in [7, 11) is 0. The Kier molecular flexibility index (Phi) is 6.21. The van der Waals surface area contributed by atoms with Crippen molar-refractivity contribution >= 4 is 5.91 Å². The average molecular weight is 519 g/mol. The SMILES string of the molecule is [2H]C([2H])(C(=O)N1CCCC(O)C1)c1ccc2c(c1)OCO2.[2H]C([2H])(c1ccc2c(c1)OCO2)C([2H])([2H])N1CCCC(O)C1. The van der Waals surface area contributed by atoms with Crippen LogP contribution in [0.4, 0.5) is 0 Å². The number of likely N-dealkylation sites (tertiary alicyclic amines) is 2. The van der Waals surface area contributed by atoms with E-state index in [2.05, 4.69) is 0 Å². The maximum atomic E-state index is 12.4. The van der Waals surface area contributed by atoms with E-state index in [0.29, 0.717) is 61.8 Å². The molecule has 0 spiro atoms. The van der Waals surface area contributed by atoms with E-state index >= 15 is 0 Å². The van der Waals surface area contributed by atoms with Crippen LogP contribution in [0.15, 0.2) is 36.4 Å². The molecule has 200 valence electrons. The van der Waals surface area contributed by atoms with Crippen molar-refractivity contribution in [3.8, 4) is 23.0 Å². The molecule has 4 aliphatic rings. The molecule has 0 aromatic heterocycles. The van der Waals surface area contributed by atoms with E-state index in [0.717, 1.165) is 0 Å². The van der Waals surface area contributed by atoms with Crippen molar-refractivity contribution in [2.75, 3.05) is 46.3 Å². The lowest BCUT2D eigenvalue weighted by Gasteiger charge is -2.30. The highest BCUT2D eigenvalue weighted by molar-refractivity contribution is 5.79. The first-order chi connectivity index (χ1) is 20.3. The first-order valence-electron chi connectivity index (χ1n) is 15.5. The minimum absolute atomic E-state index is 0.0903. The van der Waals surface area contributed by atoms with Gasteiger partial charge in [-0.05, 0) is 74.0 Å². The maximum Gasteiger partial charge on any atom is 0.231 e. The average Bonchev–Trinajstić information content (AvgIpc) is 3.66. The number of aliphatic hydroxyl groups excluding tert-OH is 2. The number of hydrogen-bond acceptors (Lipinski definition) is 8. The van der Waals surface area contributed by atoms with E-state index in [1.165, 1.54) is 34.1 Å². The van der Waals surface area contributed by atoms with E-state index in [4.69, 9.17) is 27.2 Å². The van der Waals surface area contributed by atoms with E-state index in [-0.39, 0.29) is 37.8 Å². The zero-order valence-electron chi connectivity index (χ0n) is 26.5. The summed E-state index contributed by atoms with van der Waals surface area (Å²) in [6.07, 6.45) is -2.98. The van der Waals surface area contributed by atoms with Gasteiger partial charge < -0.3 is 39.0 Å². The van der Waals surface area contributed by atoms with Crippen LogP contribution >= 0.6 is 0 Å². The van der Waals surface area contributed by atoms with Gasteiger partial charge in [0.2, 0.25) is 19.5 Å². The molecule has 2 N–H and O–H groups in total. The molecular formula is C28H36N2O7. The summed E-state index contributed by atoms with van der Waals surface area (Å²) in [6.45, 7) is -0.822. The van der Waals surface area contributed by atoms with Gasteiger partial charge in [-0.1, -0.05) is 12.1 Å². The summed E-state index contributed by atoms with van der Waals surface area (Å²) in [5.41, 5.74) is 0.429. The third-order valence-electron chi connectivity index (χ3n) is 6.44. The molecule has 2 saturated heterocycles. The van der Waals surface area contributed by atoms with E-state index in [1.807, 2.05) is 0 Å². The number of ether oxygens (including phenoxy) is 4. The number of hydrogen-bond donors (Lipinski definition) is 2. The minimum atomic E-state index is -2.24. The monoisotopic (exact) mass is 518 g/mol. The molecule has 2 atom stereocenters. The molecule has 9 heteroatoms. The molecule has 4 aliphatic heterocycles. The van der Waals surface area contributed by atoms with Crippen molar-refractivity contribution < 1.29 is 42.2 Å². The number of carbonyl (C=O) groups excluding carboxylic acids is 1. The quantitative estimate of drug-likeness (QED) is 0.622. The Balaban J connectivity index is 0.000000171. The zero-order chi connectivity index (χ0) is 31.0. The second-order valence-corrected chi connectivity index (χ2v) is 9.29. The van der Waals surface area contributed by atoms with Crippen molar-refractivity contribution in [3.63, 3.8) is 0 Å². The second-order valence-electron chi connectivity index (χ2n) is 9.29. The molecule has 0 radical (unpaired) electrons. The highest BCUT2D eigenvalue weighted by atomic mass is 16.7. The van der Waals surface area contributed by atoms with Crippen LogP contribution in [0.5, 0.6) is 23.0 Å². The second kappa shape index (κ2) is 12.0. The fourth-order valence-corrected chi connectivity index (χ4v) is 4.49. The maximum absolute atomic E-state index is 12.4. The Labute approximate surface area is 225 Å². The van der Waals surface area contributed by atoms with Crippen LogP contribution in [0.3, 0.4) is 0 Å². The summed E-state index contributed by atoms with van der Waals surface area (Å²) in [5, 5.41) is 19.4. The van der Waals surface area contributed by atoms with Gasteiger partial charge in [-0.3, -0.25) is 4.79 Å². The normalized spacial score (nSPS) is 25.9. The van der Waals surface area contributed by atoms with Gasteiger partial charge in [0.05, 0.1) is 18.6 Å². The molecule has 2 unspecified atom stereocenters. The van der Waals surface area contributed by atoms with Gasteiger partial charge >= 0.3 is 0 Å². The van der Waals surface area contributed by atoms with E-state index in [1.54, 1.807) is 12.1 Å². The predicted molar refractivity (Wildman–Crippen MR) is 136 cm³/mol. The summed E-state index contributed by atoms with van der Waals surface area (Å²) >= 11 is 0. The van der Waals surface area contributed by atoms with Gasteiger partial charge in [0.15, 0.2) is 23.0 Å². The summed E-state index contributed by atoms with van der Waals surface area (Å²) < 4.78 is 70.3. The lowest BCUT2D eigenvalue weighted by atomic mass is 10.1. The van der Waals surface area contributed by atoms with Gasteiger partial charge in [-0.15, -0.1) is 0 Å². The number of benzene rings is 2. The van der Waals surface area contributed by atoms with Crippen molar-refractivity contribution in [2.24, 2.45) is 0 Å². The molecule has 2 fully saturated rings. The standard InChI is InChI=1S/C14H17NO4.C14H19NO3/c16-11-2-1-5-15(8-11)14(17)7-10-3-4-12-13(6-10)19-9-18-12;16-12-2-1-6-15(9-12)7-5-11-3-4-13-14(8-11)18-10-17-13/h3-4,6,11,16H,1-2,5,7-9H2;3-4,8,12,16H,1-2,5-7,9-10H2/i7D2;5D2,7D2. The largest absolute Gasteiger partial charge is 0.454 e. The molecule has 37 heavy (non-hydrogen) atoms. The lowest BCUT2D eigenvalue weighted by Crippen LogP contribution is -2.42. The Hall–Kier alpha value is -3.01. The van der Waals surface area contributed by atoms with Crippen LogP contribution in [0, 0.1) is 0 Å². The Morgan fingerprint density at radius 3 is 2.11 bits per heavy atom. The molecule has 1 amide bonds. The highest BCUT2D eigenvalue weighted by Gasteiger charge is 2.23. The molecule has 6 rings (SSSR count). The fraction of sp³-hybridized carbons (Fsp3) is 0.536. The van der Waals surface area contributed by atoms with Gasteiger partial charge in [0, 0.05) is 34.4 Å². The number of β-amino-alcohol motifs (C(OH)–C–C–N with tert-alkyl or cyclic N) is 2. The predicted octanol–water partition coefficient (Wildman–Crippen LogP) is 2.36. The number of nitrogens with zero attached hydrogens (tertiary/aromatic N) is 2. The summed E-state index contributed by atoms with van der Waals surface area (Å²) in [6, 6.07) is 9.24. The van der Waals surface area contributed by atoms with Gasteiger partial charge in [0.1, 0.15) is 0 Å². The van der Waals surface area contributed by atoms with Gasteiger partial charge in [0.25, 0.3) is 0 Å². The first kappa shape index (κ1) is 19.1. The van der Waals surface area contributed by atoms with Crippen LogP contribution in [0.25, 0.3) is 0 Å². The van der Waals surface area contributed by atoms with Crippen LogP contribution in [-0.4, -0.2) is 84.4 Å². The molecule has 0 saturated carbocycles. The Bertz CT molecular complexity index is 1330. The third kappa shape index (κ3) is 6.85. The van der Waals surface area contributed by atoms with E-state index in [9.17, 15) is 15.0 Å². The van der Waals surface area contributed by atoms with Crippen LogP contribution in [0.2, 0.25) is 0 Å². The third-order valence-corrected chi connectivity index (χ3v) is 6.44. The molecule has 0 aliphatic carbocycles. The van der Waals surface area contributed by atoms with E-state index < -0.39 is 37.4 Å². The van der Waals surface area contributed by atoms with Crippen LogP contribution < -0.4 is 18.9 Å².